The molecule has 4 rings (SSSR count). The number of hydrogen-bond donors (Lipinski definition) is 0. The van der Waals surface area contributed by atoms with Crippen molar-refractivity contribution < 1.29 is 4.79 Å². The van der Waals surface area contributed by atoms with Crippen LogP contribution in [0.1, 0.15) is 30.5 Å². The van der Waals surface area contributed by atoms with Crippen LogP contribution >= 0.6 is 11.6 Å². The molecule has 0 unspecified atom stereocenters. The van der Waals surface area contributed by atoms with Gasteiger partial charge in [0.05, 0.1) is 5.69 Å². The molecule has 3 aromatic rings. The Morgan fingerprint density at radius 2 is 1.90 bits per heavy atom. The third kappa shape index (κ3) is 4.30. The van der Waals surface area contributed by atoms with Crippen LogP contribution in [0.4, 0.5) is 5.69 Å². The molecule has 0 aliphatic carbocycles. The number of anilines is 1. The fraction of sp³-hybridized carbons (Fsp3) is 0.304. The fourth-order valence-electron chi connectivity index (χ4n) is 3.83. The summed E-state index contributed by atoms with van der Waals surface area (Å²) in [7, 11) is 1.83. The molecule has 1 saturated heterocycles. The van der Waals surface area contributed by atoms with Crippen molar-refractivity contribution in [3.05, 3.63) is 71.1 Å². The number of carbonyl (C=O) groups is 1. The van der Waals surface area contributed by atoms with E-state index in [0.717, 1.165) is 18.7 Å². The largest absolute Gasteiger partial charge is 0.371 e. The number of carbonyl (C=O) groups excluding carboxylic acids is 1. The molecule has 1 amide bonds. The fourth-order valence-corrected chi connectivity index (χ4v) is 4.07. The Morgan fingerprint density at radius 1 is 1.14 bits per heavy atom. The lowest BCUT2D eigenvalue weighted by molar-refractivity contribution is -0.125. The molecule has 0 bridgehead atoms. The van der Waals surface area contributed by atoms with Crippen molar-refractivity contribution in [3.63, 3.8) is 0 Å². The lowest BCUT2D eigenvalue weighted by Crippen LogP contribution is -2.31. The van der Waals surface area contributed by atoms with Crippen molar-refractivity contribution in [3.8, 4) is 0 Å². The van der Waals surface area contributed by atoms with E-state index in [1.54, 1.807) is 17.1 Å². The molecule has 1 aliphatic rings. The molecule has 1 fully saturated rings. The molecule has 0 N–H and O–H groups in total. The van der Waals surface area contributed by atoms with E-state index in [-0.39, 0.29) is 5.91 Å². The van der Waals surface area contributed by atoms with Gasteiger partial charge in [-0.15, -0.1) is 0 Å². The number of fused-ring (bicyclic) bond motifs is 1. The minimum absolute atomic E-state index is 0.0691. The first-order valence-electron chi connectivity index (χ1n) is 10.0. The first kappa shape index (κ1) is 19.5. The number of amides is 1. The van der Waals surface area contributed by atoms with Crippen LogP contribution in [0.25, 0.3) is 11.7 Å². The average Bonchev–Trinajstić information content (AvgIpc) is 3.08. The summed E-state index contributed by atoms with van der Waals surface area (Å²) in [5.41, 5.74) is 3.87. The van der Waals surface area contributed by atoms with Crippen LogP contribution < -0.4 is 4.90 Å². The Kier molecular flexibility index (Phi) is 5.86. The van der Waals surface area contributed by atoms with Crippen molar-refractivity contribution >= 4 is 34.9 Å². The van der Waals surface area contributed by atoms with Gasteiger partial charge in [0.15, 0.2) is 5.15 Å². The Bertz CT molecular complexity index is 1040. The summed E-state index contributed by atoms with van der Waals surface area (Å²) in [6, 6.07) is 14.1. The number of imidazole rings is 1. The highest BCUT2D eigenvalue weighted by Gasteiger charge is 2.16. The molecule has 3 heterocycles. The van der Waals surface area contributed by atoms with E-state index in [0.29, 0.717) is 17.4 Å². The second-order valence-electron chi connectivity index (χ2n) is 7.42. The van der Waals surface area contributed by atoms with Crippen LogP contribution in [0, 0.1) is 0 Å². The van der Waals surface area contributed by atoms with Gasteiger partial charge in [-0.25, -0.2) is 4.98 Å². The SMILES string of the molecule is CN(Cc1ccccc1N1CCCCC1)C(=O)C=Cc1c(Cl)nc2ccccn12. The van der Waals surface area contributed by atoms with Crippen LogP contribution in [0.15, 0.2) is 54.7 Å². The first-order valence-corrected chi connectivity index (χ1v) is 10.4. The number of piperidine rings is 1. The standard InChI is InChI=1S/C23H25ClN4O/c1-26(17-18-9-3-4-10-19(18)27-14-6-2-7-15-27)22(29)13-12-20-23(24)25-21-11-5-8-16-28(20)21/h3-5,8-13,16H,2,6-7,14-15,17H2,1H3. The second-order valence-corrected chi connectivity index (χ2v) is 7.78. The smallest absolute Gasteiger partial charge is 0.246 e. The van der Waals surface area contributed by atoms with Crippen LogP contribution in [0.2, 0.25) is 5.15 Å². The number of likely N-dealkylation sites (N-methyl/N-ethyl adjacent to an activating group) is 1. The molecule has 0 spiro atoms. The summed E-state index contributed by atoms with van der Waals surface area (Å²) in [6.45, 7) is 2.74. The normalized spacial score (nSPS) is 14.6. The minimum atomic E-state index is -0.0691. The zero-order valence-corrected chi connectivity index (χ0v) is 17.3. The van der Waals surface area contributed by atoms with E-state index in [1.165, 1.54) is 30.5 Å². The van der Waals surface area contributed by atoms with Gasteiger partial charge >= 0.3 is 0 Å². The molecule has 6 heteroatoms. The predicted octanol–water partition coefficient (Wildman–Crippen LogP) is 4.65. The van der Waals surface area contributed by atoms with Gasteiger partial charge in [-0.2, -0.15) is 0 Å². The maximum Gasteiger partial charge on any atom is 0.246 e. The molecule has 150 valence electrons. The number of benzene rings is 1. The Balaban J connectivity index is 1.49. The summed E-state index contributed by atoms with van der Waals surface area (Å²) in [6.07, 6.45) is 8.94. The molecule has 0 saturated carbocycles. The lowest BCUT2D eigenvalue weighted by Gasteiger charge is -2.31. The zero-order valence-electron chi connectivity index (χ0n) is 16.6. The topological polar surface area (TPSA) is 40.8 Å². The number of rotatable bonds is 5. The number of halogens is 1. The summed E-state index contributed by atoms with van der Waals surface area (Å²) in [5.74, 6) is -0.0691. The van der Waals surface area contributed by atoms with Gasteiger partial charge in [-0.1, -0.05) is 35.9 Å². The van der Waals surface area contributed by atoms with Gasteiger partial charge in [0, 0.05) is 44.6 Å². The maximum absolute atomic E-state index is 12.7. The van der Waals surface area contributed by atoms with Crippen molar-refractivity contribution in [2.75, 3.05) is 25.0 Å². The third-order valence-corrected chi connectivity index (χ3v) is 5.66. The van der Waals surface area contributed by atoms with Gasteiger partial charge in [0.1, 0.15) is 5.65 Å². The van der Waals surface area contributed by atoms with Crippen LogP contribution in [-0.2, 0) is 11.3 Å². The first-order chi connectivity index (χ1) is 14.1. The Labute approximate surface area is 176 Å². The summed E-state index contributed by atoms with van der Waals surface area (Å²) in [5, 5.41) is 0.387. The monoisotopic (exact) mass is 408 g/mol. The quantitative estimate of drug-likeness (QED) is 0.577. The van der Waals surface area contributed by atoms with E-state index in [2.05, 4.69) is 28.1 Å². The molecule has 1 aromatic carbocycles. The number of para-hydroxylation sites is 1. The number of nitrogens with zero attached hydrogens (tertiary/aromatic N) is 4. The average molecular weight is 409 g/mol. The number of aromatic nitrogens is 2. The highest BCUT2D eigenvalue weighted by atomic mass is 35.5. The molecule has 5 nitrogen and oxygen atoms in total. The summed E-state index contributed by atoms with van der Waals surface area (Å²) >= 11 is 6.25. The maximum atomic E-state index is 12.7. The molecule has 1 aliphatic heterocycles. The van der Waals surface area contributed by atoms with Crippen molar-refractivity contribution in [2.45, 2.75) is 25.8 Å². The molecule has 29 heavy (non-hydrogen) atoms. The third-order valence-electron chi connectivity index (χ3n) is 5.38. The zero-order chi connectivity index (χ0) is 20.2. The highest BCUT2D eigenvalue weighted by molar-refractivity contribution is 6.31. The van der Waals surface area contributed by atoms with Crippen LogP contribution in [-0.4, -0.2) is 40.3 Å². The Hall–Kier alpha value is -2.79. The van der Waals surface area contributed by atoms with Crippen LogP contribution in [0.3, 0.4) is 0 Å². The van der Waals surface area contributed by atoms with Gasteiger partial charge in [0.25, 0.3) is 0 Å². The summed E-state index contributed by atoms with van der Waals surface area (Å²) < 4.78 is 1.87. The van der Waals surface area contributed by atoms with Gasteiger partial charge in [0.2, 0.25) is 5.91 Å². The summed E-state index contributed by atoms with van der Waals surface area (Å²) in [4.78, 5) is 21.2. The van der Waals surface area contributed by atoms with Gasteiger partial charge < -0.3 is 9.80 Å². The molecular weight excluding hydrogens is 384 g/mol. The van der Waals surface area contributed by atoms with E-state index < -0.39 is 0 Å². The number of hydrogen-bond acceptors (Lipinski definition) is 3. The van der Waals surface area contributed by atoms with E-state index in [1.807, 2.05) is 41.9 Å². The van der Waals surface area contributed by atoms with Crippen molar-refractivity contribution in [2.24, 2.45) is 0 Å². The molecule has 2 aromatic heterocycles. The van der Waals surface area contributed by atoms with Gasteiger partial charge in [-0.05, 0) is 49.1 Å². The van der Waals surface area contributed by atoms with E-state index in [9.17, 15) is 4.79 Å². The predicted molar refractivity (Wildman–Crippen MR) is 118 cm³/mol. The molecule has 0 atom stereocenters. The highest BCUT2D eigenvalue weighted by Crippen LogP contribution is 2.25. The Morgan fingerprint density at radius 3 is 2.72 bits per heavy atom. The van der Waals surface area contributed by atoms with Crippen molar-refractivity contribution in [1.29, 1.82) is 0 Å². The van der Waals surface area contributed by atoms with Crippen molar-refractivity contribution in [1.82, 2.24) is 14.3 Å². The minimum Gasteiger partial charge on any atom is -0.371 e. The van der Waals surface area contributed by atoms with E-state index >= 15 is 0 Å². The van der Waals surface area contributed by atoms with Gasteiger partial charge in [-0.3, -0.25) is 9.20 Å². The molecule has 0 radical (unpaired) electrons. The lowest BCUT2D eigenvalue weighted by atomic mass is 10.1. The second kappa shape index (κ2) is 8.70. The van der Waals surface area contributed by atoms with E-state index in [4.69, 9.17) is 11.6 Å². The molecular formula is C23H25ClN4O. The van der Waals surface area contributed by atoms with Crippen LogP contribution in [0.5, 0.6) is 0 Å². The number of pyridine rings is 1.